The number of benzene rings is 2. The van der Waals surface area contributed by atoms with Crippen molar-refractivity contribution >= 4 is 41.8 Å². The average molecular weight is 460 g/mol. The normalized spacial score (nSPS) is 10.2. The Balaban J connectivity index is 2.85. The van der Waals surface area contributed by atoms with Crippen LogP contribution in [0.2, 0.25) is 0 Å². The quantitative estimate of drug-likeness (QED) is 0.275. The van der Waals surface area contributed by atoms with Gasteiger partial charge < -0.3 is 30.3 Å². The van der Waals surface area contributed by atoms with Crippen molar-refractivity contribution in [3.8, 4) is 0 Å². The molecular formula is C20H12O13. The van der Waals surface area contributed by atoms with Crippen LogP contribution >= 0.6 is 0 Å². The Bertz CT molecular complexity index is 1170. The van der Waals surface area contributed by atoms with Crippen molar-refractivity contribution in [3.05, 3.63) is 69.3 Å². The van der Waals surface area contributed by atoms with Crippen LogP contribution in [0, 0.1) is 0 Å². The van der Waals surface area contributed by atoms with Gasteiger partial charge in [-0.05, 0) is 5.56 Å². The second kappa shape index (κ2) is 9.38. The van der Waals surface area contributed by atoms with E-state index in [0.717, 1.165) is 0 Å². The fourth-order valence-electron chi connectivity index (χ4n) is 2.98. The maximum atomic E-state index is 12.6. The molecule has 13 heteroatoms. The van der Waals surface area contributed by atoms with E-state index in [1.165, 1.54) is 12.1 Å². The third kappa shape index (κ3) is 4.82. The smallest absolute Gasteiger partial charge is 0.347 e. The van der Waals surface area contributed by atoms with Crippen LogP contribution in [0.3, 0.4) is 0 Å². The molecule has 0 spiro atoms. The fourth-order valence-corrected chi connectivity index (χ4v) is 2.98. The van der Waals surface area contributed by atoms with E-state index in [1.54, 1.807) is 18.2 Å². The third-order valence-corrected chi connectivity index (χ3v) is 4.17. The number of carboxylic acid groups (broad SMARTS) is 5. The zero-order chi connectivity index (χ0) is 25.0. The van der Waals surface area contributed by atoms with Gasteiger partial charge in [-0.25, -0.2) is 28.8 Å². The molecule has 0 radical (unpaired) electrons. The van der Waals surface area contributed by atoms with Gasteiger partial charge in [-0.2, -0.15) is 0 Å². The van der Waals surface area contributed by atoms with Crippen LogP contribution in [0.1, 0.15) is 67.7 Å². The Hall–Kier alpha value is -5.07. The lowest BCUT2D eigenvalue weighted by Crippen LogP contribution is -2.29. The summed E-state index contributed by atoms with van der Waals surface area (Å²) in [5.74, 6) is -14.7. The Morgan fingerprint density at radius 1 is 0.545 bits per heavy atom. The van der Waals surface area contributed by atoms with Crippen molar-refractivity contribution in [1.82, 2.24) is 0 Å². The second-order valence-corrected chi connectivity index (χ2v) is 6.20. The van der Waals surface area contributed by atoms with Crippen molar-refractivity contribution < 1.29 is 63.8 Å². The van der Waals surface area contributed by atoms with Crippen molar-refractivity contribution in [3.63, 3.8) is 0 Å². The molecule has 33 heavy (non-hydrogen) atoms. The summed E-state index contributed by atoms with van der Waals surface area (Å²) in [7, 11) is 0. The maximum Gasteiger partial charge on any atom is 0.347 e. The Kier molecular flexibility index (Phi) is 6.88. The molecular weight excluding hydrogens is 448 g/mol. The lowest BCUT2D eigenvalue weighted by Gasteiger charge is -2.17. The minimum absolute atomic E-state index is 0.339. The molecule has 0 fully saturated rings. The van der Waals surface area contributed by atoms with E-state index in [2.05, 4.69) is 4.74 Å². The molecule has 0 amide bonds. The summed E-state index contributed by atoms with van der Waals surface area (Å²) in [5, 5.41) is 47.0. The van der Waals surface area contributed by atoms with Crippen molar-refractivity contribution in [2.24, 2.45) is 0 Å². The number of carbonyl (C=O) groups excluding carboxylic acids is 2. The summed E-state index contributed by atoms with van der Waals surface area (Å²) in [5.41, 5.74) is -9.65. The van der Waals surface area contributed by atoms with Crippen LogP contribution in [-0.4, -0.2) is 67.3 Å². The molecule has 0 bridgehead atoms. The van der Waals surface area contributed by atoms with Crippen LogP contribution in [0.25, 0.3) is 0 Å². The van der Waals surface area contributed by atoms with Gasteiger partial charge in [0, 0.05) is 0 Å². The Morgan fingerprint density at radius 3 is 1.21 bits per heavy atom. The third-order valence-electron chi connectivity index (χ3n) is 4.17. The van der Waals surface area contributed by atoms with Gasteiger partial charge in [0.25, 0.3) is 0 Å². The second-order valence-electron chi connectivity index (χ2n) is 6.20. The highest BCUT2D eigenvalue weighted by Gasteiger charge is 2.41. The molecule has 0 saturated carbocycles. The number of carbonyl (C=O) groups is 7. The highest BCUT2D eigenvalue weighted by Crippen LogP contribution is 2.30. The van der Waals surface area contributed by atoms with E-state index >= 15 is 0 Å². The van der Waals surface area contributed by atoms with Crippen LogP contribution in [0.5, 0.6) is 0 Å². The molecule has 170 valence electrons. The average Bonchev–Trinajstić information content (AvgIpc) is 2.71. The van der Waals surface area contributed by atoms with E-state index in [0.29, 0.717) is 5.56 Å². The first-order chi connectivity index (χ1) is 15.4. The first kappa shape index (κ1) is 24.2. The molecule has 0 aliphatic rings. The molecule has 0 aliphatic carbocycles. The summed E-state index contributed by atoms with van der Waals surface area (Å²) in [4.78, 5) is 83.2. The number of hydrogen-bond donors (Lipinski definition) is 5. The molecule has 2 aromatic carbocycles. The Morgan fingerprint density at radius 2 is 0.879 bits per heavy atom. The molecule has 13 nitrogen and oxygen atoms in total. The molecule has 0 aromatic heterocycles. The first-order valence-electron chi connectivity index (χ1n) is 8.57. The van der Waals surface area contributed by atoms with Gasteiger partial charge in [0.1, 0.15) is 0 Å². The molecule has 0 unspecified atom stereocenters. The van der Waals surface area contributed by atoms with Gasteiger partial charge >= 0.3 is 41.8 Å². The molecule has 2 rings (SSSR count). The van der Waals surface area contributed by atoms with E-state index < -0.39 is 81.6 Å². The van der Waals surface area contributed by atoms with Gasteiger partial charge in [0.05, 0.1) is 39.8 Å². The number of esters is 2. The molecule has 0 atom stereocenters. The SMILES string of the molecule is O=C(Cc1ccccc1)OC(=O)c1c(C(=O)O)c(C(=O)O)c(C(=O)O)c(C(=O)O)c1C(=O)O. The number of aromatic carboxylic acids is 5. The molecule has 0 saturated heterocycles. The van der Waals surface area contributed by atoms with Gasteiger partial charge in [0.2, 0.25) is 0 Å². The lowest BCUT2D eigenvalue weighted by atomic mass is 9.86. The summed E-state index contributed by atoms with van der Waals surface area (Å²) >= 11 is 0. The maximum absolute atomic E-state index is 12.6. The highest BCUT2D eigenvalue weighted by molar-refractivity contribution is 6.23. The van der Waals surface area contributed by atoms with Crippen molar-refractivity contribution in [2.45, 2.75) is 6.42 Å². The standard InChI is InChI=1S/C20H12O13/c21-8(6-7-4-2-1-3-5-7)33-20(32)14-12(18(28)29)10(16(24)25)9(15(22)23)11(17(26)27)13(14)19(30)31/h1-5H,6H2,(H,22,23)(H,24,25)(H,26,27)(H,28,29)(H,30,31). The largest absolute Gasteiger partial charge is 0.478 e. The predicted octanol–water partition coefficient (Wildman–Crippen LogP) is 1.10. The van der Waals surface area contributed by atoms with Crippen LogP contribution < -0.4 is 0 Å². The number of rotatable bonds is 8. The highest BCUT2D eigenvalue weighted by atomic mass is 16.6. The lowest BCUT2D eigenvalue weighted by molar-refractivity contribution is -0.137. The summed E-state index contributed by atoms with van der Waals surface area (Å²) in [6.07, 6.45) is -0.540. The van der Waals surface area contributed by atoms with E-state index in [1.807, 2.05) is 0 Å². The molecule has 2 aromatic rings. The van der Waals surface area contributed by atoms with Crippen LogP contribution in [0.15, 0.2) is 30.3 Å². The fraction of sp³-hybridized carbons (Fsp3) is 0.0500. The summed E-state index contributed by atoms with van der Waals surface area (Å²) in [6.45, 7) is 0. The van der Waals surface area contributed by atoms with Crippen LogP contribution in [-0.2, 0) is 16.0 Å². The zero-order valence-corrected chi connectivity index (χ0v) is 16.1. The predicted molar refractivity (Wildman–Crippen MR) is 102 cm³/mol. The van der Waals surface area contributed by atoms with Gasteiger partial charge in [-0.15, -0.1) is 0 Å². The molecule has 5 N–H and O–H groups in total. The Labute approximate surface area is 182 Å². The number of hydrogen-bond acceptors (Lipinski definition) is 8. The van der Waals surface area contributed by atoms with Gasteiger partial charge in [-0.3, -0.25) is 4.79 Å². The number of ether oxygens (including phenoxy) is 1. The topological polar surface area (TPSA) is 230 Å². The van der Waals surface area contributed by atoms with E-state index in [-0.39, 0.29) is 0 Å². The molecule has 0 aliphatic heterocycles. The summed E-state index contributed by atoms with van der Waals surface area (Å²) < 4.78 is 4.45. The minimum Gasteiger partial charge on any atom is -0.478 e. The van der Waals surface area contributed by atoms with E-state index in [9.17, 15) is 59.1 Å². The molecule has 0 heterocycles. The first-order valence-corrected chi connectivity index (χ1v) is 8.57. The zero-order valence-electron chi connectivity index (χ0n) is 16.1. The van der Waals surface area contributed by atoms with Crippen molar-refractivity contribution in [2.75, 3.05) is 0 Å². The van der Waals surface area contributed by atoms with Crippen molar-refractivity contribution in [1.29, 1.82) is 0 Å². The monoisotopic (exact) mass is 460 g/mol. The van der Waals surface area contributed by atoms with Gasteiger partial charge in [-0.1, -0.05) is 30.3 Å². The minimum atomic E-state index is -2.28. The number of carboxylic acids is 5. The van der Waals surface area contributed by atoms with Gasteiger partial charge in [0.15, 0.2) is 0 Å². The summed E-state index contributed by atoms with van der Waals surface area (Å²) in [6, 6.07) is 7.62. The van der Waals surface area contributed by atoms with E-state index in [4.69, 9.17) is 0 Å². The van der Waals surface area contributed by atoms with Crippen LogP contribution in [0.4, 0.5) is 0 Å².